The third-order valence-corrected chi connectivity index (χ3v) is 3.36. The molecule has 0 aliphatic carbocycles. The van der Waals surface area contributed by atoms with Gasteiger partial charge in [0.25, 0.3) is 10.1 Å². The van der Waals surface area contributed by atoms with Crippen molar-refractivity contribution in [2.24, 2.45) is 0 Å². The average molecular weight is 287 g/mol. The molecule has 0 aliphatic heterocycles. The van der Waals surface area contributed by atoms with Gasteiger partial charge in [0, 0.05) is 10.6 Å². The highest BCUT2D eigenvalue weighted by atomic mass is 35.5. The van der Waals surface area contributed by atoms with Crippen LogP contribution in [0.3, 0.4) is 0 Å². The van der Waals surface area contributed by atoms with Crippen molar-refractivity contribution in [2.75, 3.05) is 0 Å². The van der Waals surface area contributed by atoms with E-state index in [-0.39, 0.29) is 27.0 Å². The molecular formula is C11H7ClO5S. The molecular weight excluding hydrogens is 280 g/mol. The highest BCUT2D eigenvalue weighted by Crippen LogP contribution is 2.30. The fraction of sp³-hybridized carbons (Fsp3) is 0. The van der Waals surface area contributed by atoms with E-state index in [0.717, 1.165) is 6.07 Å². The molecule has 18 heavy (non-hydrogen) atoms. The van der Waals surface area contributed by atoms with Crippen molar-refractivity contribution in [2.45, 2.75) is 4.90 Å². The number of furan rings is 1. The molecule has 0 saturated carbocycles. The Morgan fingerprint density at radius 1 is 1.22 bits per heavy atom. The largest absolute Gasteiger partial charge is 0.453 e. The monoisotopic (exact) mass is 286 g/mol. The van der Waals surface area contributed by atoms with Crippen LogP contribution in [0.4, 0.5) is 0 Å². The standard InChI is InChI=1S/C11H7ClO5S/c12-7-1-3-9(11(5-7)18(14,15)16)10-4-2-8(6-13)17-10/h1-6H,(H,14,15,16). The van der Waals surface area contributed by atoms with Crippen molar-refractivity contribution >= 4 is 28.0 Å². The van der Waals surface area contributed by atoms with Gasteiger partial charge in [-0.05, 0) is 30.3 Å². The summed E-state index contributed by atoms with van der Waals surface area (Å²) in [7, 11) is -4.43. The lowest BCUT2D eigenvalue weighted by Crippen LogP contribution is -2.00. The number of hydrogen-bond donors (Lipinski definition) is 1. The van der Waals surface area contributed by atoms with Crippen LogP contribution >= 0.6 is 11.6 Å². The number of benzene rings is 1. The first-order valence-electron chi connectivity index (χ1n) is 4.74. The number of rotatable bonds is 3. The molecule has 2 aromatic rings. The maximum absolute atomic E-state index is 11.2. The molecule has 1 aromatic carbocycles. The summed E-state index contributed by atoms with van der Waals surface area (Å²) in [6.07, 6.45) is 0.493. The number of hydrogen-bond acceptors (Lipinski definition) is 4. The molecule has 0 spiro atoms. The van der Waals surface area contributed by atoms with Gasteiger partial charge in [-0.25, -0.2) is 0 Å². The zero-order valence-electron chi connectivity index (χ0n) is 8.83. The summed E-state index contributed by atoms with van der Waals surface area (Å²) < 4.78 is 36.7. The second-order valence-electron chi connectivity index (χ2n) is 3.44. The molecule has 1 N–H and O–H groups in total. The van der Waals surface area contributed by atoms with E-state index in [1.54, 1.807) is 0 Å². The van der Waals surface area contributed by atoms with Crippen LogP contribution in [-0.2, 0) is 10.1 Å². The molecule has 1 aromatic heterocycles. The van der Waals surface area contributed by atoms with Gasteiger partial charge in [-0.1, -0.05) is 11.6 Å². The summed E-state index contributed by atoms with van der Waals surface area (Å²) in [5, 5.41) is 0.161. The molecule has 0 bridgehead atoms. The Hall–Kier alpha value is -1.63. The van der Waals surface area contributed by atoms with Gasteiger partial charge in [-0.15, -0.1) is 0 Å². The van der Waals surface area contributed by atoms with Crippen molar-refractivity contribution in [1.29, 1.82) is 0 Å². The summed E-state index contributed by atoms with van der Waals surface area (Å²) in [6, 6.07) is 6.77. The Balaban J connectivity index is 2.67. The van der Waals surface area contributed by atoms with E-state index in [9.17, 15) is 13.2 Å². The Labute approximate surface area is 108 Å². The van der Waals surface area contributed by atoms with Gasteiger partial charge >= 0.3 is 0 Å². The summed E-state index contributed by atoms with van der Waals surface area (Å²) in [5.41, 5.74) is 0.134. The third kappa shape index (κ3) is 2.45. The molecule has 0 fully saturated rings. The Morgan fingerprint density at radius 2 is 1.94 bits per heavy atom. The van der Waals surface area contributed by atoms with E-state index >= 15 is 0 Å². The molecule has 0 amide bonds. The molecule has 7 heteroatoms. The van der Waals surface area contributed by atoms with E-state index in [4.69, 9.17) is 20.6 Å². The van der Waals surface area contributed by atoms with Gasteiger partial charge in [0.1, 0.15) is 10.7 Å². The predicted molar refractivity (Wildman–Crippen MR) is 64.4 cm³/mol. The first-order chi connectivity index (χ1) is 8.41. The third-order valence-electron chi connectivity index (χ3n) is 2.23. The molecule has 5 nitrogen and oxygen atoms in total. The lowest BCUT2D eigenvalue weighted by atomic mass is 10.2. The van der Waals surface area contributed by atoms with Crippen LogP contribution in [0.15, 0.2) is 39.6 Å². The molecule has 1 heterocycles. The van der Waals surface area contributed by atoms with Crippen LogP contribution in [0.5, 0.6) is 0 Å². The van der Waals surface area contributed by atoms with E-state index < -0.39 is 10.1 Å². The quantitative estimate of drug-likeness (QED) is 0.692. The molecule has 94 valence electrons. The van der Waals surface area contributed by atoms with Crippen LogP contribution in [0, 0.1) is 0 Å². The van der Waals surface area contributed by atoms with Gasteiger partial charge in [-0.2, -0.15) is 8.42 Å². The van der Waals surface area contributed by atoms with Crippen molar-refractivity contribution in [3.63, 3.8) is 0 Å². The first kappa shape index (κ1) is 12.8. The van der Waals surface area contributed by atoms with Crippen LogP contribution in [0.25, 0.3) is 11.3 Å². The molecule has 0 radical (unpaired) electrons. The van der Waals surface area contributed by atoms with Crippen LogP contribution in [0.2, 0.25) is 5.02 Å². The van der Waals surface area contributed by atoms with E-state index in [1.807, 2.05) is 0 Å². The maximum atomic E-state index is 11.2. The van der Waals surface area contributed by atoms with Crippen LogP contribution in [-0.4, -0.2) is 19.3 Å². The van der Waals surface area contributed by atoms with Crippen molar-refractivity contribution < 1.29 is 22.2 Å². The summed E-state index contributed by atoms with van der Waals surface area (Å²) in [4.78, 5) is 10.1. The number of halogens is 1. The second kappa shape index (κ2) is 4.56. The fourth-order valence-corrected chi connectivity index (χ4v) is 2.43. The van der Waals surface area contributed by atoms with Crippen molar-refractivity contribution in [1.82, 2.24) is 0 Å². The minimum absolute atomic E-state index is 0.0567. The molecule has 0 aliphatic rings. The number of aldehydes is 1. The van der Waals surface area contributed by atoms with E-state index in [0.29, 0.717) is 6.29 Å². The molecule has 0 saturated heterocycles. The summed E-state index contributed by atoms with van der Waals surface area (Å²) in [5.74, 6) is 0.211. The maximum Gasteiger partial charge on any atom is 0.295 e. The minimum Gasteiger partial charge on any atom is -0.453 e. The predicted octanol–water partition coefficient (Wildman–Crippen LogP) is 2.66. The van der Waals surface area contributed by atoms with Gasteiger partial charge in [0.05, 0.1) is 0 Å². The zero-order valence-corrected chi connectivity index (χ0v) is 10.4. The second-order valence-corrected chi connectivity index (χ2v) is 5.26. The number of carbonyl (C=O) groups excluding carboxylic acids is 1. The van der Waals surface area contributed by atoms with E-state index in [1.165, 1.54) is 24.3 Å². The van der Waals surface area contributed by atoms with Crippen LogP contribution in [0.1, 0.15) is 10.6 Å². The van der Waals surface area contributed by atoms with Crippen molar-refractivity contribution in [3.05, 3.63) is 41.1 Å². The first-order valence-corrected chi connectivity index (χ1v) is 6.56. The minimum atomic E-state index is -4.43. The Bertz CT molecular complexity index is 702. The smallest absolute Gasteiger partial charge is 0.295 e. The van der Waals surface area contributed by atoms with Crippen LogP contribution < -0.4 is 0 Å². The number of carbonyl (C=O) groups is 1. The Kier molecular flexibility index (Phi) is 3.25. The lowest BCUT2D eigenvalue weighted by molar-refractivity contribution is 0.110. The lowest BCUT2D eigenvalue weighted by Gasteiger charge is -2.04. The SMILES string of the molecule is O=Cc1ccc(-c2ccc(Cl)cc2S(=O)(=O)O)o1. The molecule has 0 atom stereocenters. The van der Waals surface area contributed by atoms with Crippen molar-refractivity contribution in [3.8, 4) is 11.3 Å². The molecule has 2 rings (SSSR count). The summed E-state index contributed by atoms with van der Waals surface area (Å²) in [6.45, 7) is 0. The Morgan fingerprint density at radius 3 is 2.50 bits per heavy atom. The average Bonchev–Trinajstić information content (AvgIpc) is 2.76. The van der Waals surface area contributed by atoms with Gasteiger partial charge in [0.15, 0.2) is 12.0 Å². The fourth-order valence-electron chi connectivity index (χ4n) is 1.47. The van der Waals surface area contributed by atoms with Gasteiger partial charge in [0.2, 0.25) is 0 Å². The van der Waals surface area contributed by atoms with Gasteiger partial charge < -0.3 is 4.42 Å². The zero-order chi connectivity index (χ0) is 13.3. The molecule has 0 unspecified atom stereocenters. The highest BCUT2D eigenvalue weighted by Gasteiger charge is 2.19. The summed E-state index contributed by atoms with van der Waals surface area (Å²) >= 11 is 5.68. The van der Waals surface area contributed by atoms with Gasteiger partial charge in [-0.3, -0.25) is 9.35 Å². The topological polar surface area (TPSA) is 84.6 Å². The normalized spacial score (nSPS) is 11.4. The highest BCUT2D eigenvalue weighted by molar-refractivity contribution is 7.86. The van der Waals surface area contributed by atoms with E-state index in [2.05, 4.69) is 0 Å².